The van der Waals surface area contributed by atoms with Crippen molar-refractivity contribution in [3.8, 4) is 17.0 Å². The van der Waals surface area contributed by atoms with E-state index < -0.39 is 0 Å². The van der Waals surface area contributed by atoms with E-state index in [9.17, 15) is 9.90 Å². The Labute approximate surface area is 180 Å². The number of aryl methyl sites for hydroxylation is 1. The summed E-state index contributed by atoms with van der Waals surface area (Å²) in [6.07, 6.45) is 4.07. The van der Waals surface area contributed by atoms with Crippen LogP contribution < -0.4 is 10.6 Å². The Morgan fingerprint density at radius 3 is 2.68 bits per heavy atom. The van der Waals surface area contributed by atoms with Crippen LogP contribution in [0, 0.1) is 6.92 Å². The Balaban J connectivity index is 1.43. The lowest BCUT2D eigenvalue weighted by atomic mass is 10.1. The number of benzene rings is 2. The van der Waals surface area contributed by atoms with Crippen LogP contribution in [0.4, 0.5) is 11.6 Å². The van der Waals surface area contributed by atoms with Crippen molar-refractivity contribution in [2.45, 2.75) is 13.3 Å². The van der Waals surface area contributed by atoms with Gasteiger partial charge in [0.1, 0.15) is 11.4 Å². The van der Waals surface area contributed by atoms with Gasteiger partial charge in [-0.3, -0.25) is 4.79 Å². The second-order valence-corrected chi connectivity index (χ2v) is 7.15. The number of hydrogen-bond acceptors (Lipinski definition) is 5. The van der Waals surface area contributed by atoms with Gasteiger partial charge in [0.2, 0.25) is 5.95 Å². The molecular weight excluding hydrogens is 390 g/mol. The summed E-state index contributed by atoms with van der Waals surface area (Å²) in [6.45, 7) is 2.35. The molecule has 0 aliphatic rings. The Bertz CT molecular complexity index is 1190. The third-order valence-corrected chi connectivity index (χ3v) is 4.87. The van der Waals surface area contributed by atoms with Gasteiger partial charge in [-0.2, -0.15) is 0 Å². The van der Waals surface area contributed by atoms with Crippen molar-refractivity contribution in [2.24, 2.45) is 0 Å². The highest BCUT2D eigenvalue weighted by Crippen LogP contribution is 2.24. The molecule has 156 valence electrons. The molecule has 7 nitrogen and oxygen atoms in total. The van der Waals surface area contributed by atoms with Crippen molar-refractivity contribution in [2.75, 3.05) is 11.9 Å². The van der Waals surface area contributed by atoms with Crippen LogP contribution >= 0.6 is 0 Å². The van der Waals surface area contributed by atoms with E-state index in [1.165, 1.54) is 0 Å². The molecule has 0 spiro atoms. The molecule has 7 heteroatoms. The maximum absolute atomic E-state index is 12.5. The van der Waals surface area contributed by atoms with Crippen LogP contribution in [0.15, 0.2) is 73.1 Å². The molecule has 1 amide bonds. The molecule has 0 bridgehead atoms. The van der Waals surface area contributed by atoms with Crippen LogP contribution in [0.2, 0.25) is 0 Å². The normalized spacial score (nSPS) is 10.6. The number of aromatic hydroxyl groups is 1. The van der Waals surface area contributed by atoms with E-state index >= 15 is 0 Å². The summed E-state index contributed by atoms with van der Waals surface area (Å²) in [7, 11) is 0. The number of carbonyl (C=O) groups is 1. The fourth-order valence-corrected chi connectivity index (χ4v) is 3.24. The molecule has 0 aliphatic carbocycles. The number of hydrogen-bond donors (Lipinski definition) is 4. The molecular formula is C24H23N5O2. The van der Waals surface area contributed by atoms with Crippen LogP contribution in [0.25, 0.3) is 11.3 Å². The maximum Gasteiger partial charge on any atom is 0.267 e. The third kappa shape index (κ3) is 4.90. The number of nitrogens with zero attached hydrogens (tertiary/aromatic N) is 2. The summed E-state index contributed by atoms with van der Waals surface area (Å²) in [5.74, 6) is 0.510. The van der Waals surface area contributed by atoms with Crippen molar-refractivity contribution in [1.82, 2.24) is 20.3 Å². The molecule has 4 N–H and O–H groups in total. The average molecular weight is 413 g/mol. The quantitative estimate of drug-likeness (QED) is 0.364. The number of nitrogens with one attached hydrogen (secondary N) is 3. The van der Waals surface area contributed by atoms with Gasteiger partial charge in [0, 0.05) is 30.2 Å². The first-order valence-corrected chi connectivity index (χ1v) is 10.00. The molecule has 2 heterocycles. The molecule has 31 heavy (non-hydrogen) atoms. The van der Waals surface area contributed by atoms with Crippen LogP contribution in [0.5, 0.6) is 5.75 Å². The minimum absolute atomic E-state index is 0.212. The molecule has 4 aromatic rings. The number of anilines is 2. The lowest BCUT2D eigenvalue weighted by molar-refractivity contribution is 0.0949. The average Bonchev–Trinajstić information content (AvgIpc) is 3.27. The van der Waals surface area contributed by atoms with E-state index in [-0.39, 0.29) is 11.7 Å². The topological polar surface area (TPSA) is 103 Å². The van der Waals surface area contributed by atoms with Gasteiger partial charge in [-0.1, -0.05) is 36.4 Å². The molecule has 0 unspecified atom stereocenters. The van der Waals surface area contributed by atoms with Gasteiger partial charge in [-0.15, -0.1) is 0 Å². The van der Waals surface area contributed by atoms with Gasteiger partial charge in [0.15, 0.2) is 0 Å². The Hall–Kier alpha value is -4.13. The first kappa shape index (κ1) is 20.2. The molecule has 0 fully saturated rings. The number of phenolic OH excluding ortho intramolecular Hbond substituents is 1. The van der Waals surface area contributed by atoms with Gasteiger partial charge < -0.3 is 20.7 Å². The summed E-state index contributed by atoms with van der Waals surface area (Å²) >= 11 is 0. The van der Waals surface area contributed by atoms with E-state index in [4.69, 9.17) is 0 Å². The highest BCUT2D eigenvalue weighted by molar-refractivity contribution is 5.93. The second kappa shape index (κ2) is 9.13. The fraction of sp³-hybridized carbons (Fsp3) is 0.125. The molecule has 0 aliphatic heterocycles. The number of aromatic amines is 1. The van der Waals surface area contributed by atoms with E-state index in [2.05, 4.69) is 25.6 Å². The zero-order valence-corrected chi connectivity index (χ0v) is 17.1. The lowest BCUT2D eigenvalue weighted by Crippen LogP contribution is -2.25. The standard InChI is InChI=1S/C24H23N5O2/c1-16-14-27-24(28-19-8-3-2-4-9-19)29-22(16)18-13-20(26-15-18)23(31)25-12-11-17-7-5-6-10-21(17)30/h2-10,13-15,26,30H,11-12H2,1H3,(H,25,31)(H,27,28,29). The molecule has 0 atom stereocenters. The second-order valence-electron chi connectivity index (χ2n) is 7.15. The van der Waals surface area contributed by atoms with Crippen molar-refractivity contribution >= 4 is 17.5 Å². The molecule has 0 saturated heterocycles. The SMILES string of the molecule is Cc1cnc(Nc2ccccc2)nc1-c1c[nH]c(C(=O)NCCc2ccccc2O)c1. The summed E-state index contributed by atoms with van der Waals surface area (Å²) in [5.41, 5.74) is 4.60. The molecule has 2 aromatic carbocycles. The van der Waals surface area contributed by atoms with Crippen LogP contribution in [0.1, 0.15) is 21.6 Å². The van der Waals surface area contributed by atoms with E-state index in [1.807, 2.05) is 49.4 Å². The van der Waals surface area contributed by atoms with E-state index in [1.54, 1.807) is 30.6 Å². The van der Waals surface area contributed by atoms with Gasteiger partial charge in [0.05, 0.1) is 5.69 Å². The Morgan fingerprint density at radius 1 is 1.10 bits per heavy atom. The summed E-state index contributed by atoms with van der Waals surface area (Å²) in [5, 5.41) is 15.9. The first-order chi connectivity index (χ1) is 15.1. The van der Waals surface area contributed by atoms with E-state index in [0.29, 0.717) is 24.6 Å². The zero-order valence-electron chi connectivity index (χ0n) is 17.1. The maximum atomic E-state index is 12.5. The van der Waals surface area contributed by atoms with Gasteiger partial charge in [-0.05, 0) is 48.7 Å². The smallest absolute Gasteiger partial charge is 0.267 e. The number of phenols is 1. The van der Waals surface area contributed by atoms with Crippen molar-refractivity contribution in [1.29, 1.82) is 0 Å². The highest BCUT2D eigenvalue weighted by Gasteiger charge is 2.13. The zero-order chi connectivity index (χ0) is 21.6. The van der Waals surface area contributed by atoms with E-state index in [0.717, 1.165) is 28.1 Å². The number of H-pyrrole nitrogens is 1. The van der Waals surface area contributed by atoms with Gasteiger partial charge >= 0.3 is 0 Å². The molecule has 0 saturated carbocycles. The first-order valence-electron chi connectivity index (χ1n) is 10.00. The van der Waals surface area contributed by atoms with Gasteiger partial charge in [0.25, 0.3) is 5.91 Å². The minimum atomic E-state index is -0.212. The Kier molecular flexibility index (Phi) is 5.93. The van der Waals surface area contributed by atoms with Crippen LogP contribution in [0.3, 0.4) is 0 Å². The lowest BCUT2D eigenvalue weighted by Gasteiger charge is -2.08. The Morgan fingerprint density at radius 2 is 1.87 bits per heavy atom. The number of para-hydroxylation sites is 2. The number of amides is 1. The molecule has 2 aromatic heterocycles. The predicted molar refractivity (Wildman–Crippen MR) is 120 cm³/mol. The highest BCUT2D eigenvalue weighted by atomic mass is 16.3. The van der Waals surface area contributed by atoms with Crippen molar-refractivity contribution < 1.29 is 9.90 Å². The van der Waals surface area contributed by atoms with Crippen LogP contribution in [-0.2, 0) is 6.42 Å². The third-order valence-electron chi connectivity index (χ3n) is 4.87. The van der Waals surface area contributed by atoms with Crippen molar-refractivity contribution in [3.05, 3.63) is 89.9 Å². The van der Waals surface area contributed by atoms with Gasteiger partial charge in [-0.25, -0.2) is 9.97 Å². The largest absolute Gasteiger partial charge is 0.508 e. The number of aromatic nitrogens is 3. The molecule has 0 radical (unpaired) electrons. The fourth-order valence-electron chi connectivity index (χ4n) is 3.24. The number of carbonyl (C=O) groups excluding carboxylic acids is 1. The summed E-state index contributed by atoms with van der Waals surface area (Å²) < 4.78 is 0. The number of rotatable bonds is 7. The predicted octanol–water partition coefficient (Wildman–Crippen LogP) is 4.20. The minimum Gasteiger partial charge on any atom is -0.508 e. The monoisotopic (exact) mass is 413 g/mol. The van der Waals surface area contributed by atoms with Crippen LogP contribution in [-0.4, -0.2) is 32.5 Å². The molecule has 4 rings (SSSR count). The summed E-state index contributed by atoms with van der Waals surface area (Å²) in [4.78, 5) is 24.5. The summed E-state index contributed by atoms with van der Waals surface area (Å²) in [6, 6.07) is 18.6. The van der Waals surface area contributed by atoms with Crippen molar-refractivity contribution in [3.63, 3.8) is 0 Å².